The van der Waals surface area contributed by atoms with E-state index in [0.29, 0.717) is 5.78 Å². The van der Waals surface area contributed by atoms with Gasteiger partial charge in [0.1, 0.15) is 5.78 Å². The van der Waals surface area contributed by atoms with Gasteiger partial charge in [-0.3, -0.25) is 4.79 Å². The highest BCUT2D eigenvalue weighted by Gasteiger charge is 2.27. The van der Waals surface area contributed by atoms with Crippen molar-refractivity contribution in [1.82, 2.24) is 4.57 Å². The topological polar surface area (TPSA) is 22.0 Å². The molecule has 0 fully saturated rings. The van der Waals surface area contributed by atoms with Crippen LogP contribution in [-0.2, 0) is 17.8 Å². The summed E-state index contributed by atoms with van der Waals surface area (Å²) in [6.45, 7) is 4.99. The molecule has 1 aliphatic heterocycles. The number of hydrogen-bond acceptors (Lipinski definition) is 1. The first-order chi connectivity index (χ1) is 8.66. The molecule has 94 valence electrons. The van der Waals surface area contributed by atoms with E-state index in [4.69, 9.17) is 0 Å². The maximum Gasteiger partial charge on any atom is 0.138 e. The van der Waals surface area contributed by atoms with Gasteiger partial charge >= 0.3 is 0 Å². The fourth-order valence-corrected chi connectivity index (χ4v) is 3.05. The lowest BCUT2D eigenvalue weighted by Gasteiger charge is -2.25. The number of nitrogens with zero attached hydrogens (tertiary/aromatic N) is 1. The van der Waals surface area contributed by atoms with Crippen molar-refractivity contribution < 1.29 is 4.79 Å². The van der Waals surface area contributed by atoms with Crippen LogP contribution >= 0.6 is 0 Å². The smallest absolute Gasteiger partial charge is 0.138 e. The van der Waals surface area contributed by atoms with Crippen molar-refractivity contribution in [2.45, 2.75) is 33.2 Å². The molecule has 3 rings (SSSR count). The summed E-state index contributed by atoms with van der Waals surface area (Å²) in [4.78, 5) is 12.1. The van der Waals surface area contributed by atoms with Crippen LogP contribution < -0.4 is 0 Å². The van der Waals surface area contributed by atoms with Crippen molar-refractivity contribution in [3.8, 4) is 0 Å². The highest BCUT2D eigenvalue weighted by Crippen LogP contribution is 2.29. The number of ketones is 1. The molecule has 0 N–H and O–H groups in total. The van der Waals surface area contributed by atoms with Crippen LogP contribution in [0.15, 0.2) is 30.3 Å². The molecule has 0 unspecified atom stereocenters. The van der Waals surface area contributed by atoms with Crippen molar-refractivity contribution in [1.29, 1.82) is 0 Å². The number of benzene rings is 1. The number of carbonyl (C=O) groups is 1. The van der Waals surface area contributed by atoms with Crippen LogP contribution in [0, 0.1) is 11.8 Å². The Labute approximate surface area is 108 Å². The third-order valence-electron chi connectivity index (χ3n) is 4.02. The first kappa shape index (κ1) is 11.5. The molecule has 1 aromatic carbocycles. The van der Waals surface area contributed by atoms with Crippen LogP contribution in [0.2, 0.25) is 0 Å². The molecular weight excluding hydrogens is 222 g/mol. The number of hydrogen-bond donors (Lipinski definition) is 0. The van der Waals surface area contributed by atoms with E-state index in [-0.39, 0.29) is 11.8 Å². The van der Waals surface area contributed by atoms with Crippen LogP contribution in [0.25, 0.3) is 10.9 Å². The predicted molar refractivity (Wildman–Crippen MR) is 73.6 cm³/mol. The van der Waals surface area contributed by atoms with E-state index in [9.17, 15) is 4.79 Å². The molecule has 0 saturated heterocycles. The Bertz CT molecular complexity index is 594. The van der Waals surface area contributed by atoms with Crippen LogP contribution in [-0.4, -0.2) is 10.4 Å². The summed E-state index contributed by atoms with van der Waals surface area (Å²) in [5.74, 6) is 0.805. The Morgan fingerprint density at radius 3 is 2.89 bits per heavy atom. The van der Waals surface area contributed by atoms with Gasteiger partial charge in [-0.05, 0) is 30.4 Å². The van der Waals surface area contributed by atoms with Gasteiger partial charge in [-0.15, -0.1) is 0 Å². The number of aromatic nitrogens is 1. The Hall–Kier alpha value is -1.57. The third kappa shape index (κ3) is 1.76. The molecule has 2 heterocycles. The number of rotatable bonds is 2. The number of fused-ring (bicyclic) bond motifs is 3. The van der Waals surface area contributed by atoms with Crippen LogP contribution in [0.3, 0.4) is 0 Å². The maximum atomic E-state index is 12.1. The van der Waals surface area contributed by atoms with Crippen LogP contribution in [0.4, 0.5) is 0 Å². The Morgan fingerprint density at radius 1 is 1.33 bits per heavy atom. The van der Waals surface area contributed by atoms with Gasteiger partial charge in [0.15, 0.2) is 0 Å². The lowest BCUT2D eigenvalue weighted by Crippen LogP contribution is -2.28. The Kier molecular flexibility index (Phi) is 2.73. The maximum absolute atomic E-state index is 12.1. The zero-order chi connectivity index (χ0) is 12.7. The molecule has 0 amide bonds. The highest BCUT2D eigenvalue weighted by molar-refractivity contribution is 5.85. The summed E-state index contributed by atoms with van der Waals surface area (Å²) < 4.78 is 2.37. The van der Waals surface area contributed by atoms with Gasteiger partial charge in [0, 0.05) is 29.6 Å². The van der Waals surface area contributed by atoms with Gasteiger partial charge in [-0.1, -0.05) is 32.0 Å². The fraction of sp³-hybridized carbons (Fsp3) is 0.438. The molecule has 18 heavy (non-hydrogen) atoms. The second kappa shape index (κ2) is 4.27. The fourth-order valence-electron chi connectivity index (χ4n) is 3.05. The Morgan fingerprint density at radius 2 is 2.11 bits per heavy atom. The SMILES string of the molecule is CC(C)C(=O)[C@H]1CCn2c(cc3ccccc32)C1. The molecule has 0 aliphatic carbocycles. The number of carbonyl (C=O) groups excluding carboxylic acids is 1. The molecule has 2 heteroatoms. The van der Waals surface area contributed by atoms with Gasteiger partial charge in [-0.2, -0.15) is 0 Å². The van der Waals surface area contributed by atoms with Gasteiger partial charge in [0.2, 0.25) is 0 Å². The zero-order valence-corrected chi connectivity index (χ0v) is 11.0. The first-order valence-corrected chi connectivity index (χ1v) is 6.77. The Balaban J connectivity index is 1.96. The summed E-state index contributed by atoms with van der Waals surface area (Å²) in [5, 5.41) is 1.30. The summed E-state index contributed by atoms with van der Waals surface area (Å²) in [5.41, 5.74) is 2.63. The molecule has 1 aromatic heterocycles. The molecule has 0 saturated carbocycles. The standard InChI is InChI=1S/C16H19NO/c1-11(2)16(18)13-7-8-17-14(10-13)9-12-5-3-4-6-15(12)17/h3-6,9,11,13H,7-8,10H2,1-2H3/t13-/m0/s1. The van der Waals surface area contributed by atoms with Crippen molar-refractivity contribution >= 4 is 16.7 Å². The van der Waals surface area contributed by atoms with E-state index in [1.54, 1.807) is 0 Å². The van der Waals surface area contributed by atoms with E-state index in [2.05, 4.69) is 34.9 Å². The second-order valence-electron chi connectivity index (χ2n) is 5.59. The monoisotopic (exact) mass is 241 g/mol. The average molecular weight is 241 g/mol. The van der Waals surface area contributed by atoms with Gasteiger partial charge < -0.3 is 4.57 Å². The number of Topliss-reactive ketones (excluding diaryl/α,β-unsaturated/α-hetero) is 1. The minimum absolute atomic E-state index is 0.158. The average Bonchev–Trinajstić information content (AvgIpc) is 2.75. The normalized spacial score (nSPS) is 19.2. The summed E-state index contributed by atoms with van der Waals surface area (Å²) in [6.07, 6.45) is 1.90. The molecule has 0 bridgehead atoms. The molecule has 0 radical (unpaired) electrons. The van der Waals surface area contributed by atoms with Crippen molar-refractivity contribution in [3.05, 3.63) is 36.0 Å². The predicted octanol–water partition coefficient (Wildman–Crippen LogP) is 3.43. The summed E-state index contributed by atoms with van der Waals surface area (Å²) >= 11 is 0. The molecule has 0 spiro atoms. The molecule has 1 atom stereocenters. The summed E-state index contributed by atoms with van der Waals surface area (Å²) in [7, 11) is 0. The quantitative estimate of drug-likeness (QED) is 0.789. The number of aryl methyl sites for hydroxylation is 1. The van der Waals surface area contributed by atoms with E-state index in [1.807, 2.05) is 13.8 Å². The first-order valence-electron chi connectivity index (χ1n) is 6.77. The van der Waals surface area contributed by atoms with Crippen molar-refractivity contribution in [2.75, 3.05) is 0 Å². The highest BCUT2D eigenvalue weighted by atomic mass is 16.1. The lowest BCUT2D eigenvalue weighted by atomic mass is 9.87. The van der Waals surface area contributed by atoms with Gasteiger partial charge in [0.25, 0.3) is 0 Å². The van der Waals surface area contributed by atoms with Crippen molar-refractivity contribution in [2.24, 2.45) is 11.8 Å². The molecule has 2 nitrogen and oxygen atoms in total. The van der Waals surface area contributed by atoms with Gasteiger partial charge in [-0.25, -0.2) is 0 Å². The van der Waals surface area contributed by atoms with Gasteiger partial charge in [0.05, 0.1) is 0 Å². The van der Waals surface area contributed by atoms with Crippen LogP contribution in [0.5, 0.6) is 0 Å². The van der Waals surface area contributed by atoms with E-state index >= 15 is 0 Å². The molecule has 2 aromatic rings. The second-order valence-corrected chi connectivity index (χ2v) is 5.59. The molecular formula is C16H19NO. The van der Waals surface area contributed by atoms with E-state index < -0.39 is 0 Å². The lowest BCUT2D eigenvalue weighted by molar-refractivity contribution is -0.126. The third-order valence-corrected chi connectivity index (χ3v) is 4.02. The van der Waals surface area contributed by atoms with E-state index in [0.717, 1.165) is 19.4 Å². The van der Waals surface area contributed by atoms with E-state index in [1.165, 1.54) is 16.6 Å². The minimum Gasteiger partial charge on any atom is -0.345 e. The summed E-state index contributed by atoms with van der Waals surface area (Å²) in [6, 6.07) is 10.7. The largest absolute Gasteiger partial charge is 0.345 e. The van der Waals surface area contributed by atoms with Crippen LogP contribution in [0.1, 0.15) is 26.0 Å². The van der Waals surface area contributed by atoms with Crippen molar-refractivity contribution in [3.63, 3.8) is 0 Å². The minimum atomic E-state index is 0.158. The molecule has 1 aliphatic rings. The number of para-hydroxylation sites is 1. The zero-order valence-electron chi connectivity index (χ0n) is 11.0.